The molecule has 0 aliphatic heterocycles. The molecular formula is C23H50N. The largest absolute Gasteiger partial charge is 0.312 e. The highest BCUT2D eigenvalue weighted by molar-refractivity contribution is 4.50. The van der Waals surface area contributed by atoms with Crippen molar-refractivity contribution in [2.24, 2.45) is 0 Å². The fraction of sp³-hybridized carbons (Fsp3) is 0.957. The summed E-state index contributed by atoms with van der Waals surface area (Å²) in [5.74, 6) is 0. The molecule has 1 heteroatoms. The van der Waals surface area contributed by atoms with E-state index in [0.717, 1.165) is 6.42 Å². The lowest BCUT2D eigenvalue weighted by Gasteiger charge is -2.03. The lowest BCUT2D eigenvalue weighted by molar-refractivity contribution is 0.505. The molecule has 0 saturated carbocycles. The van der Waals surface area contributed by atoms with E-state index >= 15 is 0 Å². The Bertz CT molecular complexity index is 168. The highest BCUT2D eigenvalue weighted by Crippen LogP contribution is 2.14. The average molecular weight is 341 g/mol. The second-order valence-electron chi connectivity index (χ2n) is 7.85. The number of hydrogen-bond donors (Lipinski definition) is 0. The van der Waals surface area contributed by atoms with Crippen LogP contribution in [0.5, 0.6) is 0 Å². The van der Waals surface area contributed by atoms with E-state index in [9.17, 15) is 0 Å². The summed E-state index contributed by atoms with van der Waals surface area (Å²) in [4.78, 5) is 2.00. The van der Waals surface area contributed by atoms with Crippen molar-refractivity contribution in [2.45, 2.75) is 122 Å². The van der Waals surface area contributed by atoms with Crippen LogP contribution in [0.25, 0.3) is 0 Å². The predicted molar refractivity (Wildman–Crippen MR) is 114 cm³/mol. The summed E-state index contributed by atoms with van der Waals surface area (Å²) in [5.41, 5.74) is 0. The lowest BCUT2D eigenvalue weighted by atomic mass is 10.0. The van der Waals surface area contributed by atoms with Gasteiger partial charge in [-0.2, -0.15) is 0 Å². The summed E-state index contributed by atoms with van der Waals surface area (Å²) in [6, 6.07) is 0. The Morgan fingerprint density at radius 2 is 0.667 bits per heavy atom. The SMILES string of the molecule is CN(C)C.[CH2]CCCCCCCCCCCCCCCCCCC. The molecule has 0 unspecified atom stereocenters. The number of rotatable bonds is 17. The van der Waals surface area contributed by atoms with Gasteiger partial charge in [-0.05, 0) is 21.1 Å². The number of unbranched alkanes of at least 4 members (excludes halogenated alkanes) is 17. The highest BCUT2D eigenvalue weighted by atomic mass is 15.0. The smallest absolute Gasteiger partial charge is 0.0140 e. The predicted octanol–water partition coefficient (Wildman–Crippen LogP) is 8.04. The first kappa shape index (κ1) is 26.2. The standard InChI is InChI=1S/C20H41.C3H9N/c1-3-5-7-9-11-13-15-17-19-20-18-16-14-12-10-8-6-4-2;1-4(2)3/h1,3-20H2,2H3;1-3H3. The second kappa shape index (κ2) is 25.2. The van der Waals surface area contributed by atoms with E-state index in [0.29, 0.717) is 0 Å². The second-order valence-corrected chi connectivity index (χ2v) is 7.85. The zero-order valence-corrected chi connectivity index (χ0v) is 17.9. The summed E-state index contributed by atoms with van der Waals surface area (Å²) in [5, 5.41) is 0. The van der Waals surface area contributed by atoms with Crippen LogP contribution in [0, 0.1) is 6.92 Å². The quantitative estimate of drug-likeness (QED) is 0.242. The third kappa shape index (κ3) is 33.5. The van der Waals surface area contributed by atoms with Gasteiger partial charge in [-0.25, -0.2) is 0 Å². The van der Waals surface area contributed by atoms with Crippen molar-refractivity contribution < 1.29 is 0 Å². The highest BCUT2D eigenvalue weighted by Gasteiger charge is 1.94. The molecule has 0 aliphatic carbocycles. The Labute approximate surface area is 156 Å². The van der Waals surface area contributed by atoms with Gasteiger partial charge in [0.25, 0.3) is 0 Å². The minimum atomic E-state index is 1.12. The maximum atomic E-state index is 3.89. The van der Waals surface area contributed by atoms with Crippen molar-refractivity contribution in [1.29, 1.82) is 0 Å². The van der Waals surface area contributed by atoms with Crippen LogP contribution in [-0.4, -0.2) is 26.0 Å². The van der Waals surface area contributed by atoms with Gasteiger partial charge in [0.2, 0.25) is 0 Å². The molecule has 0 atom stereocenters. The maximum absolute atomic E-state index is 3.89. The van der Waals surface area contributed by atoms with Crippen LogP contribution < -0.4 is 0 Å². The van der Waals surface area contributed by atoms with Crippen LogP contribution in [0.2, 0.25) is 0 Å². The normalized spacial score (nSPS) is 10.8. The van der Waals surface area contributed by atoms with Crippen LogP contribution in [-0.2, 0) is 0 Å². The topological polar surface area (TPSA) is 3.24 Å². The van der Waals surface area contributed by atoms with Gasteiger partial charge in [0.1, 0.15) is 0 Å². The molecule has 147 valence electrons. The first-order chi connectivity index (χ1) is 11.6. The lowest BCUT2D eigenvalue weighted by Crippen LogP contribution is -1.99. The van der Waals surface area contributed by atoms with E-state index in [4.69, 9.17) is 0 Å². The van der Waals surface area contributed by atoms with Crippen molar-refractivity contribution in [3.8, 4) is 0 Å². The van der Waals surface area contributed by atoms with Gasteiger partial charge in [0, 0.05) is 0 Å². The van der Waals surface area contributed by atoms with Gasteiger partial charge < -0.3 is 4.90 Å². The molecule has 0 fully saturated rings. The van der Waals surface area contributed by atoms with Crippen molar-refractivity contribution in [3.05, 3.63) is 6.92 Å². The van der Waals surface area contributed by atoms with Crippen LogP contribution in [0.4, 0.5) is 0 Å². The van der Waals surface area contributed by atoms with E-state index in [1.165, 1.54) is 109 Å². The van der Waals surface area contributed by atoms with E-state index in [1.54, 1.807) is 0 Å². The van der Waals surface area contributed by atoms with Gasteiger partial charge >= 0.3 is 0 Å². The van der Waals surface area contributed by atoms with Gasteiger partial charge in [-0.15, -0.1) is 0 Å². The molecule has 0 N–H and O–H groups in total. The molecule has 0 heterocycles. The molecule has 0 amide bonds. The fourth-order valence-electron chi connectivity index (χ4n) is 2.90. The molecular weight excluding hydrogens is 290 g/mol. The molecule has 0 bridgehead atoms. The first-order valence-corrected chi connectivity index (χ1v) is 11.0. The van der Waals surface area contributed by atoms with E-state index in [2.05, 4.69) is 13.8 Å². The first-order valence-electron chi connectivity index (χ1n) is 11.0. The van der Waals surface area contributed by atoms with Crippen LogP contribution in [0.1, 0.15) is 122 Å². The summed E-state index contributed by atoms with van der Waals surface area (Å²) in [6.07, 6.45) is 25.8. The van der Waals surface area contributed by atoms with E-state index in [-0.39, 0.29) is 0 Å². The molecule has 0 rings (SSSR count). The molecule has 0 spiro atoms. The molecule has 0 aromatic carbocycles. The van der Waals surface area contributed by atoms with Crippen LogP contribution >= 0.6 is 0 Å². The summed E-state index contributed by atoms with van der Waals surface area (Å²) in [6.45, 7) is 6.19. The van der Waals surface area contributed by atoms with Gasteiger partial charge in [0.15, 0.2) is 0 Å². The molecule has 24 heavy (non-hydrogen) atoms. The van der Waals surface area contributed by atoms with Gasteiger partial charge in [-0.3, -0.25) is 0 Å². The minimum absolute atomic E-state index is 1.12. The van der Waals surface area contributed by atoms with Crippen molar-refractivity contribution >= 4 is 0 Å². The molecule has 0 aromatic heterocycles. The zero-order valence-electron chi connectivity index (χ0n) is 17.9. The molecule has 0 saturated heterocycles. The van der Waals surface area contributed by atoms with E-state index < -0.39 is 0 Å². The summed E-state index contributed by atoms with van der Waals surface area (Å²) >= 11 is 0. The molecule has 0 aliphatic rings. The minimum Gasteiger partial charge on any atom is -0.312 e. The van der Waals surface area contributed by atoms with Crippen molar-refractivity contribution in [3.63, 3.8) is 0 Å². The monoisotopic (exact) mass is 340 g/mol. The summed E-state index contributed by atoms with van der Waals surface area (Å²) in [7, 11) is 6.00. The average Bonchev–Trinajstić information content (AvgIpc) is 2.54. The Kier molecular flexibility index (Phi) is 27.5. The number of nitrogens with zero attached hydrogens (tertiary/aromatic N) is 1. The maximum Gasteiger partial charge on any atom is -0.0140 e. The Balaban J connectivity index is 0. The Hall–Kier alpha value is -0.0400. The molecule has 0 aromatic rings. The van der Waals surface area contributed by atoms with Crippen molar-refractivity contribution in [2.75, 3.05) is 21.1 Å². The van der Waals surface area contributed by atoms with Crippen LogP contribution in [0.3, 0.4) is 0 Å². The number of hydrogen-bond acceptors (Lipinski definition) is 1. The third-order valence-electron chi connectivity index (χ3n) is 4.35. The Morgan fingerprint density at radius 1 is 0.458 bits per heavy atom. The molecule has 1 radical (unpaired) electrons. The van der Waals surface area contributed by atoms with Crippen molar-refractivity contribution in [1.82, 2.24) is 4.90 Å². The van der Waals surface area contributed by atoms with Gasteiger partial charge in [0.05, 0.1) is 0 Å². The van der Waals surface area contributed by atoms with E-state index in [1.807, 2.05) is 26.0 Å². The fourth-order valence-corrected chi connectivity index (χ4v) is 2.90. The van der Waals surface area contributed by atoms with Gasteiger partial charge in [-0.1, -0.05) is 129 Å². The Morgan fingerprint density at radius 3 is 0.875 bits per heavy atom. The van der Waals surface area contributed by atoms with Crippen LogP contribution in [0.15, 0.2) is 0 Å². The zero-order chi connectivity index (χ0) is 18.3. The third-order valence-corrected chi connectivity index (χ3v) is 4.35. The molecule has 1 nitrogen and oxygen atoms in total. The summed E-state index contributed by atoms with van der Waals surface area (Å²) < 4.78 is 0.